The smallest absolute Gasteiger partial charge is 0.111 e. The van der Waals surface area contributed by atoms with Gasteiger partial charge < -0.3 is 5.32 Å². The van der Waals surface area contributed by atoms with Crippen LogP contribution in [0.15, 0.2) is 18.2 Å². The van der Waals surface area contributed by atoms with Crippen molar-refractivity contribution in [3.8, 4) is 6.07 Å². The third-order valence-electron chi connectivity index (χ3n) is 2.29. The van der Waals surface area contributed by atoms with Crippen LogP contribution < -0.4 is 5.32 Å². The molecule has 1 radical (unpaired) electrons. The van der Waals surface area contributed by atoms with Crippen LogP contribution in [0.2, 0.25) is 0 Å². The molecule has 2 heteroatoms. The maximum absolute atomic E-state index is 8.74. The van der Waals surface area contributed by atoms with Crippen molar-refractivity contribution < 1.29 is 0 Å². The van der Waals surface area contributed by atoms with Gasteiger partial charge in [-0.05, 0) is 37.5 Å². The SMILES string of the molecule is CCCCc1[c]cccc1NC(C)C#N. The number of nitrogens with zero attached hydrogens (tertiary/aromatic N) is 1. The Kier molecular flexibility index (Phi) is 4.70. The Bertz CT molecular complexity index is 339. The van der Waals surface area contributed by atoms with Crippen molar-refractivity contribution in [1.82, 2.24) is 0 Å². The highest BCUT2D eigenvalue weighted by molar-refractivity contribution is 5.52. The molecule has 0 heterocycles. The van der Waals surface area contributed by atoms with Crippen molar-refractivity contribution in [2.45, 2.75) is 39.2 Å². The molecule has 79 valence electrons. The van der Waals surface area contributed by atoms with E-state index in [4.69, 9.17) is 5.26 Å². The molecule has 2 nitrogen and oxygen atoms in total. The Labute approximate surface area is 91.9 Å². The van der Waals surface area contributed by atoms with Crippen LogP contribution in [0.25, 0.3) is 0 Å². The predicted octanol–water partition coefficient (Wildman–Crippen LogP) is 3.15. The Morgan fingerprint density at radius 3 is 3.07 bits per heavy atom. The molecule has 15 heavy (non-hydrogen) atoms. The van der Waals surface area contributed by atoms with Crippen LogP contribution in [0.4, 0.5) is 5.69 Å². The lowest BCUT2D eigenvalue weighted by Crippen LogP contribution is -2.13. The number of rotatable bonds is 5. The van der Waals surface area contributed by atoms with Crippen molar-refractivity contribution in [3.05, 3.63) is 29.8 Å². The lowest BCUT2D eigenvalue weighted by atomic mass is 10.1. The first-order valence-electron chi connectivity index (χ1n) is 5.43. The molecule has 0 aliphatic carbocycles. The Morgan fingerprint density at radius 2 is 2.40 bits per heavy atom. The number of hydrogen-bond acceptors (Lipinski definition) is 2. The van der Waals surface area contributed by atoms with Gasteiger partial charge in [0.15, 0.2) is 0 Å². The zero-order valence-corrected chi connectivity index (χ0v) is 9.38. The van der Waals surface area contributed by atoms with E-state index in [0.29, 0.717) is 0 Å². The third-order valence-corrected chi connectivity index (χ3v) is 2.29. The topological polar surface area (TPSA) is 35.8 Å². The van der Waals surface area contributed by atoms with Crippen LogP contribution in [0.3, 0.4) is 0 Å². The molecule has 0 saturated heterocycles. The van der Waals surface area contributed by atoms with Gasteiger partial charge in [-0.25, -0.2) is 0 Å². The van der Waals surface area contributed by atoms with E-state index in [1.165, 1.54) is 12.0 Å². The van der Waals surface area contributed by atoms with E-state index in [1.54, 1.807) is 0 Å². The highest BCUT2D eigenvalue weighted by atomic mass is 14.9. The van der Waals surface area contributed by atoms with Crippen LogP contribution in [0, 0.1) is 17.4 Å². The normalized spacial score (nSPS) is 11.8. The zero-order valence-electron chi connectivity index (χ0n) is 9.38. The number of nitriles is 1. The molecule has 1 aromatic carbocycles. The van der Waals surface area contributed by atoms with Gasteiger partial charge in [0.25, 0.3) is 0 Å². The summed E-state index contributed by atoms with van der Waals surface area (Å²) in [6.07, 6.45) is 3.37. The van der Waals surface area contributed by atoms with E-state index in [2.05, 4.69) is 24.4 Å². The first-order chi connectivity index (χ1) is 7.27. The van der Waals surface area contributed by atoms with Gasteiger partial charge in [0, 0.05) is 5.69 Å². The molecule has 0 aliphatic rings. The molecule has 1 unspecified atom stereocenters. The van der Waals surface area contributed by atoms with Crippen molar-refractivity contribution in [1.29, 1.82) is 5.26 Å². The monoisotopic (exact) mass is 201 g/mol. The summed E-state index contributed by atoms with van der Waals surface area (Å²) in [4.78, 5) is 0. The second-order valence-electron chi connectivity index (χ2n) is 3.66. The zero-order chi connectivity index (χ0) is 11.1. The van der Waals surface area contributed by atoms with Crippen LogP contribution in [-0.4, -0.2) is 6.04 Å². The summed E-state index contributed by atoms with van der Waals surface area (Å²) in [6.45, 7) is 4.03. The molecule has 0 aliphatic heterocycles. The molecule has 1 rings (SSSR count). The second kappa shape index (κ2) is 6.08. The fraction of sp³-hybridized carbons (Fsp3) is 0.462. The number of unbranched alkanes of at least 4 members (excludes halogenated alkanes) is 1. The summed E-state index contributed by atoms with van der Waals surface area (Å²) in [6, 6.07) is 11.1. The average Bonchev–Trinajstić information content (AvgIpc) is 2.28. The largest absolute Gasteiger partial charge is 0.370 e. The fourth-order valence-corrected chi connectivity index (χ4v) is 1.43. The summed E-state index contributed by atoms with van der Waals surface area (Å²) < 4.78 is 0. The number of nitrogens with one attached hydrogen (secondary N) is 1. The summed E-state index contributed by atoms with van der Waals surface area (Å²) in [5.74, 6) is 0. The number of anilines is 1. The van der Waals surface area contributed by atoms with Crippen molar-refractivity contribution >= 4 is 5.69 Å². The first-order valence-corrected chi connectivity index (χ1v) is 5.43. The molecule has 0 spiro atoms. The summed E-state index contributed by atoms with van der Waals surface area (Å²) in [5.41, 5.74) is 2.22. The van der Waals surface area contributed by atoms with Gasteiger partial charge in [0.2, 0.25) is 0 Å². The molecule has 1 atom stereocenters. The Hall–Kier alpha value is -1.49. The summed E-state index contributed by atoms with van der Waals surface area (Å²) >= 11 is 0. The van der Waals surface area contributed by atoms with Crippen LogP contribution in [0.5, 0.6) is 0 Å². The van der Waals surface area contributed by atoms with E-state index in [9.17, 15) is 0 Å². The van der Waals surface area contributed by atoms with Gasteiger partial charge in [-0.15, -0.1) is 0 Å². The van der Waals surface area contributed by atoms with Gasteiger partial charge in [0.05, 0.1) is 6.07 Å². The highest BCUT2D eigenvalue weighted by Gasteiger charge is 2.04. The average molecular weight is 201 g/mol. The van der Waals surface area contributed by atoms with Crippen LogP contribution >= 0.6 is 0 Å². The molecule has 1 N–H and O–H groups in total. The minimum absolute atomic E-state index is 0.152. The molecule has 0 aromatic heterocycles. The van der Waals surface area contributed by atoms with Crippen molar-refractivity contribution in [3.63, 3.8) is 0 Å². The molecule has 0 saturated carbocycles. The van der Waals surface area contributed by atoms with Crippen LogP contribution in [-0.2, 0) is 6.42 Å². The van der Waals surface area contributed by atoms with E-state index >= 15 is 0 Å². The standard InChI is InChI=1S/C13H17N2/c1-3-4-7-12-8-5-6-9-13(12)15-11(2)10-14/h5-6,9,11,15H,3-4,7H2,1-2H3. The Balaban J connectivity index is 2.73. The molecule has 0 amide bonds. The predicted molar refractivity (Wildman–Crippen MR) is 62.6 cm³/mol. The quantitative estimate of drug-likeness (QED) is 0.794. The van der Waals surface area contributed by atoms with Gasteiger partial charge in [-0.2, -0.15) is 5.26 Å². The second-order valence-corrected chi connectivity index (χ2v) is 3.66. The van der Waals surface area contributed by atoms with E-state index in [0.717, 1.165) is 18.5 Å². The van der Waals surface area contributed by atoms with E-state index < -0.39 is 0 Å². The molecule has 0 fully saturated rings. The minimum Gasteiger partial charge on any atom is -0.370 e. The number of aryl methyl sites for hydroxylation is 1. The van der Waals surface area contributed by atoms with Gasteiger partial charge >= 0.3 is 0 Å². The van der Waals surface area contributed by atoms with Gasteiger partial charge in [0.1, 0.15) is 6.04 Å². The molecular formula is C13H17N2. The minimum atomic E-state index is -0.152. The summed E-state index contributed by atoms with van der Waals surface area (Å²) in [5, 5.41) is 11.9. The number of benzene rings is 1. The summed E-state index contributed by atoms with van der Waals surface area (Å²) in [7, 11) is 0. The third kappa shape index (κ3) is 3.63. The Morgan fingerprint density at radius 1 is 1.60 bits per heavy atom. The van der Waals surface area contributed by atoms with Gasteiger partial charge in [-0.3, -0.25) is 0 Å². The molecule has 0 bridgehead atoms. The number of hydrogen-bond donors (Lipinski definition) is 1. The van der Waals surface area contributed by atoms with Crippen molar-refractivity contribution in [2.75, 3.05) is 5.32 Å². The van der Waals surface area contributed by atoms with E-state index in [-0.39, 0.29) is 6.04 Å². The lowest BCUT2D eigenvalue weighted by Gasteiger charge is -2.12. The maximum Gasteiger partial charge on any atom is 0.111 e. The molecule has 1 aromatic rings. The fourth-order valence-electron chi connectivity index (χ4n) is 1.43. The maximum atomic E-state index is 8.74. The van der Waals surface area contributed by atoms with Crippen LogP contribution in [0.1, 0.15) is 32.3 Å². The highest BCUT2D eigenvalue weighted by Crippen LogP contribution is 2.17. The lowest BCUT2D eigenvalue weighted by molar-refractivity contribution is 0.793. The molecular weight excluding hydrogens is 184 g/mol. The van der Waals surface area contributed by atoms with Crippen molar-refractivity contribution in [2.24, 2.45) is 0 Å². The van der Waals surface area contributed by atoms with Gasteiger partial charge in [-0.1, -0.05) is 25.5 Å². The first kappa shape index (κ1) is 11.6. The van der Waals surface area contributed by atoms with E-state index in [1.807, 2.05) is 25.1 Å².